The summed E-state index contributed by atoms with van der Waals surface area (Å²) in [5.41, 5.74) is 5.41. The van der Waals surface area contributed by atoms with Crippen LogP contribution in [0.4, 0.5) is 0 Å². The number of amides is 1. The van der Waals surface area contributed by atoms with Crippen LogP contribution in [0.1, 0.15) is 51.6 Å². The number of aromatic nitrogens is 2. The van der Waals surface area contributed by atoms with E-state index in [0.29, 0.717) is 24.2 Å². The number of hydrogen-bond donors (Lipinski definition) is 3. The third-order valence-corrected chi connectivity index (χ3v) is 7.62. The third-order valence-electron chi connectivity index (χ3n) is 6.54. The lowest BCUT2D eigenvalue weighted by Crippen LogP contribution is -2.31. The number of hydrogen-bond acceptors (Lipinski definition) is 8. The molecule has 3 atom stereocenters. The van der Waals surface area contributed by atoms with E-state index in [-0.39, 0.29) is 37.0 Å². The van der Waals surface area contributed by atoms with Gasteiger partial charge < -0.3 is 25.0 Å². The number of fused-ring (bicyclic) bond motifs is 1. The van der Waals surface area contributed by atoms with Gasteiger partial charge in [0.1, 0.15) is 5.69 Å². The molecule has 1 aromatic heterocycles. The van der Waals surface area contributed by atoms with Crippen LogP contribution in [0.5, 0.6) is 0 Å². The van der Waals surface area contributed by atoms with E-state index in [1.54, 1.807) is 11.8 Å². The van der Waals surface area contributed by atoms with Gasteiger partial charge in [-0.2, -0.15) is 11.8 Å². The first-order valence-corrected chi connectivity index (χ1v) is 14.1. The molecule has 4 aromatic rings. The quantitative estimate of drug-likeness (QED) is 0.253. The average molecular weight is 546 g/mol. The van der Waals surface area contributed by atoms with Crippen molar-refractivity contribution < 1.29 is 24.5 Å². The largest absolute Gasteiger partial charge is 0.396 e. The number of nitrogens with zero attached hydrogens (tertiary/aromatic N) is 2. The predicted octanol–water partition coefficient (Wildman–Crippen LogP) is 4.32. The van der Waals surface area contributed by atoms with Crippen molar-refractivity contribution in [3.05, 3.63) is 107 Å². The molecular weight excluding hydrogens is 514 g/mol. The molecule has 1 amide bonds. The van der Waals surface area contributed by atoms with Crippen molar-refractivity contribution in [2.24, 2.45) is 0 Å². The SMILES string of the molecule is O=C(NCc1ccc(C2OC(CSCCO)CC(c3ccc(CO)cc3)O2)cc1)c1cnc2ccccc2n1. The van der Waals surface area contributed by atoms with Gasteiger partial charge in [0, 0.05) is 30.0 Å². The minimum Gasteiger partial charge on any atom is -0.396 e. The Hall–Kier alpha value is -3.34. The number of benzene rings is 3. The lowest BCUT2D eigenvalue weighted by Gasteiger charge is -2.36. The second kappa shape index (κ2) is 13.1. The summed E-state index contributed by atoms with van der Waals surface area (Å²) in [5.74, 6) is 1.13. The van der Waals surface area contributed by atoms with Crippen molar-refractivity contribution in [3.8, 4) is 0 Å². The van der Waals surface area contributed by atoms with E-state index < -0.39 is 6.29 Å². The van der Waals surface area contributed by atoms with E-state index in [9.17, 15) is 15.0 Å². The van der Waals surface area contributed by atoms with Gasteiger partial charge in [0.2, 0.25) is 0 Å². The molecule has 3 N–H and O–H groups in total. The van der Waals surface area contributed by atoms with E-state index in [0.717, 1.165) is 33.5 Å². The first-order chi connectivity index (χ1) is 19.1. The van der Waals surface area contributed by atoms with Crippen LogP contribution in [0, 0.1) is 0 Å². The van der Waals surface area contributed by atoms with Crippen molar-refractivity contribution in [3.63, 3.8) is 0 Å². The van der Waals surface area contributed by atoms with Crippen molar-refractivity contribution in [1.29, 1.82) is 0 Å². The van der Waals surface area contributed by atoms with E-state index >= 15 is 0 Å². The molecule has 0 spiro atoms. The highest BCUT2D eigenvalue weighted by molar-refractivity contribution is 7.99. The summed E-state index contributed by atoms with van der Waals surface area (Å²) in [5, 5.41) is 21.5. The molecule has 1 saturated heterocycles. The third kappa shape index (κ3) is 7.00. The summed E-state index contributed by atoms with van der Waals surface area (Å²) in [7, 11) is 0. The van der Waals surface area contributed by atoms with Crippen LogP contribution >= 0.6 is 11.8 Å². The van der Waals surface area contributed by atoms with Crippen LogP contribution in [0.25, 0.3) is 11.0 Å². The zero-order valence-electron chi connectivity index (χ0n) is 21.4. The van der Waals surface area contributed by atoms with E-state index in [4.69, 9.17) is 9.47 Å². The van der Waals surface area contributed by atoms with E-state index in [2.05, 4.69) is 15.3 Å². The topological polar surface area (TPSA) is 114 Å². The highest BCUT2D eigenvalue weighted by atomic mass is 32.2. The van der Waals surface area contributed by atoms with Crippen LogP contribution in [-0.2, 0) is 22.6 Å². The Morgan fingerprint density at radius 1 is 0.923 bits per heavy atom. The lowest BCUT2D eigenvalue weighted by atomic mass is 10.0. The summed E-state index contributed by atoms with van der Waals surface area (Å²) in [6, 6.07) is 23.0. The van der Waals surface area contributed by atoms with Gasteiger partial charge in [0.25, 0.3) is 5.91 Å². The van der Waals surface area contributed by atoms with Gasteiger partial charge in [-0.15, -0.1) is 0 Å². The van der Waals surface area contributed by atoms with E-state index in [1.165, 1.54) is 6.20 Å². The maximum Gasteiger partial charge on any atom is 0.271 e. The van der Waals surface area contributed by atoms with Crippen LogP contribution < -0.4 is 5.32 Å². The number of carbonyl (C=O) groups excluding carboxylic acids is 1. The molecule has 1 fully saturated rings. The molecule has 5 rings (SSSR count). The molecule has 3 unspecified atom stereocenters. The van der Waals surface area contributed by atoms with Crippen LogP contribution in [0.2, 0.25) is 0 Å². The Morgan fingerprint density at radius 3 is 2.38 bits per heavy atom. The molecule has 0 aliphatic carbocycles. The zero-order valence-corrected chi connectivity index (χ0v) is 22.2. The molecule has 0 bridgehead atoms. The minimum atomic E-state index is -0.544. The molecule has 1 aliphatic heterocycles. The second-order valence-electron chi connectivity index (χ2n) is 9.32. The van der Waals surface area contributed by atoms with Crippen LogP contribution in [0.3, 0.4) is 0 Å². The van der Waals surface area contributed by atoms with Crippen molar-refractivity contribution in [1.82, 2.24) is 15.3 Å². The maximum absolute atomic E-state index is 12.6. The number of aliphatic hydroxyl groups excluding tert-OH is 2. The van der Waals surface area contributed by atoms with Gasteiger partial charge >= 0.3 is 0 Å². The number of thioether (sulfide) groups is 1. The predicted molar refractivity (Wildman–Crippen MR) is 150 cm³/mol. The fourth-order valence-electron chi connectivity index (χ4n) is 4.43. The summed E-state index contributed by atoms with van der Waals surface area (Å²) >= 11 is 1.66. The monoisotopic (exact) mass is 545 g/mol. The Bertz CT molecular complexity index is 1380. The molecule has 8 nitrogen and oxygen atoms in total. The molecular formula is C30H31N3O5S. The Labute approximate surface area is 231 Å². The van der Waals surface area contributed by atoms with Gasteiger partial charge in [0.15, 0.2) is 6.29 Å². The van der Waals surface area contributed by atoms with Gasteiger partial charge in [-0.3, -0.25) is 9.78 Å². The standard InChI is InChI=1S/C30H31N3O5S/c34-13-14-39-19-24-15-28(22-9-7-21(18-35)8-10-22)38-30(37-24)23-11-5-20(6-12-23)16-32-29(36)27-17-31-25-3-1-2-4-26(25)33-27/h1-12,17,24,28,30,34-35H,13-16,18-19H2,(H,32,36). The van der Waals surface area contributed by atoms with Crippen molar-refractivity contribution >= 4 is 28.7 Å². The highest BCUT2D eigenvalue weighted by Crippen LogP contribution is 2.38. The fourth-order valence-corrected chi connectivity index (χ4v) is 5.21. The first kappa shape index (κ1) is 27.2. The summed E-state index contributed by atoms with van der Waals surface area (Å²) in [6.07, 6.45) is 1.46. The van der Waals surface area contributed by atoms with E-state index in [1.807, 2.05) is 72.8 Å². The number of aliphatic hydroxyl groups is 2. The molecule has 39 heavy (non-hydrogen) atoms. The number of nitrogens with one attached hydrogen (secondary N) is 1. The molecule has 1 aliphatic rings. The summed E-state index contributed by atoms with van der Waals surface area (Å²) < 4.78 is 12.7. The molecule has 3 aromatic carbocycles. The number of carbonyl (C=O) groups is 1. The molecule has 0 radical (unpaired) electrons. The second-order valence-corrected chi connectivity index (χ2v) is 10.5. The zero-order chi connectivity index (χ0) is 27.0. The lowest BCUT2D eigenvalue weighted by molar-refractivity contribution is -0.245. The Morgan fingerprint density at radius 2 is 1.64 bits per heavy atom. The Balaban J connectivity index is 1.24. The van der Waals surface area contributed by atoms with Crippen molar-refractivity contribution in [2.75, 3.05) is 18.1 Å². The fraction of sp³-hybridized carbons (Fsp3) is 0.300. The van der Waals surface area contributed by atoms with Crippen LogP contribution in [-0.4, -0.2) is 50.3 Å². The van der Waals surface area contributed by atoms with Gasteiger partial charge in [-0.1, -0.05) is 60.7 Å². The molecule has 0 saturated carbocycles. The number of rotatable bonds is 10. The van der Waals surface area contributed by atoms with Gasteiger partial charge in [0.05, 0.1) is 42.7 Å². The average Bonchev–Trinajstić information content (AvgIpc) is 3.00. The van der Waals surface area contributed by atoms with Gasteiger partial charge in [-0.05, 0) is 28.8 Å². The Kier molecular flexibility index (Phi) is 9.18. The normalized spacial score (nSPS) is 19.2. The maximum atomic E-state index is 12.6. The first-order valence-electron chi connectivity index (χ1n) is 12.9. The molecule has 2 heterocycles. The van der Waals surface area contributed by atoms with Crippen LogP contribution in [0.15, 0.2) is 79.0 Å². The van der Waals surface area contributed by atoms with Gasteiger partial charge in [-0.25, -0.2) is 4.98 Å². The number of ether oxygens (including phenoxy) is 2. The summed E-state index contributed by atoms with van der Waals surface area (Å²) in [6.45, 7) is 0.482. The summed E-state index contributed by atoms with van der Waals surface area (Å²) in [4.78, 5) is 21.4. The molecule has 9 heteroatoms. The molecule has 202 valence electrons. The number of para-hydroxylation sites is 2. The van der Waals surface area contributed by atoms with Crippen molar-refractivity contribution in [2.45, 2.75) is 38.1 Å². The minimum absolute atomic E-state index is 0.000423. The highest BCUT2D eigenvalue weighted by Gasteiger charge is 2.32. The smallest absolute Gasteiger partial charge is 0.271 e.